The van der Waals surface area contributed by atoms with E-state index in [1.54, 1.807) is 32.0 Å². The Bertz CT molecular complexity index is 1120. The number of nitrogens with one attached hydrogen (secondary N) is 2. The van der Waals surface area contributed by atoms with Crippen molar-refractivity contribution in [3.05, 3.63) is 47.5 Å². The molecule has 0 radical (unpaired) electrons. The third-order valence-electron chi connectivity index (χ3n) is 8.27. The number of nitrogens with zero attached hydrogens (tertiary/aromatic N) is 2. The molecule has 1 saturated heterocycles. The third kappa shape index (κ3) is 7.97. The van der Waals surface area contributed by atoms with Crippen molar-refractivity contribution in [1.82, 2.24) is 20.4 Å². The summed E-state index contributed by atoms with van der Waals surface area (Å²) in [5.74, 6) is -1.29. The number of primary amides is 1. The molecule has 9 heteroatoms. The van der Waals surface area contributed by atoms with Crippen LogP contribution in [-0.4, -0.2) is 78.2 Å². The number of hydrogen-bond acceptors (Lipinski definition) is 5. The molecule has 1 heterocycles. The van der Waals surface area contributed by atoms with Crippen molar-refractivity contribution in [3.63, 3.8) is 0 Å². The lowest BCUT2D eigenvalue weighted by atomic mass is 9.76. The molecule has 2 rings (SSSR count). The lowest BCUT2D eigenvalue weighted by molar-refractivity contribution is -0.141. The van der Waals surface area contributed by atoms with Gasteiger partial charge in [0.1, 0.15) is 12.1 Å². The molecule has 41 heavy (non-hydrogen) atoms. The predicted molar refractivity (Wildman–Crippen MR) is 163 cm³/mol. The first-order valence-electron chi connectivity index (χ1n) is 14.5. The van der Waals surface area contributed by atoms with E-state index in [9.17, 15) is 19.2 Å². The Balaban J connectivity index is 2.33. The zero-order valence-electron chi connectivity index (χ0n) is 26.6. The van der Waals surface area contributed by atoms with E-state index in [4.69, 9.17) is 5.73 Å². The Morgan fingerprint density at radius 3 is 2.12 bits per heavy atom. The number of hydrogen-bond donors (Lipinski definition) is 3. The van der Waals surface area contributed by atoms with Gasteiger partial charge in [-0.1, -0.05) is 84.9 Å². The molecular weight excluding hydrogens is 518 g/mol. The predicted octanol–water partition coefficient (Wildman–Crippen LogP) is 2.99. The van der Waals surface area contributed by atoms with Gasteiger partial charge < -0.3 is 26.2 Å². The fourth-order valence-electron chi connectivity index (χ4n) is 5.69. The summed E-state index contributed by atoms with van der Waals surface area (Å²) in [4.78, 5) is 56.0. The second-order valence-corrected chi connectivity index (χ2v) is 13.2. The first kappa shape index (κ1) is 34.0. The molecule has 228 valence electrons. The van der Waals surface area contributed by atoms with Crippen LogP contribution >= 0.6 is 0 Å². The van der Waals surface area contributed by atoms with Crippen LogP contribution in [0.4, 0.5) is 0 Å². The Labute approximate surface area is 246 Å². The SMILES string of the molecule is CN[C@H](C(=O)NC(C(=O)N(C)C(/C=C(\C)C(=O)N1CCCC1C(N)=O)C(C)C)C(C)(C)C)C(C)(C)c1ccccc1. The van der Waals surface area contributed by atoms with Gasteiger partial charge in [0.05, 0.1) is 12.1 Å². The summed E-state index contributed by atoms with van der Waals surface area (Å²) in [6.45, 7) is 15.9. The van der Waals surface area contributed by atoms with E-state index >= 15 is 0 Å². The number of amides is 4. The van der Waals surface area contributed by atoms with Crippen LogP contribution in [-0.2, 0) is 24.6 Å². The van der Waals surface area contributed by atoms with Crippen LogP contribution < -0.4 is 16.4 Å². The van der Waals surface area contributed by atoms with Crippen molar-refractivity contribution in [2.24, 2.45) is 17.1 Å². The maximum Gasteiger partial charge on any atom is 0.249 e. The molecule has 0 saturated carbocycles. The minimum absolute atomic E-state index is 0.0180. The highest BCUT2D eigenvalue weighted by molar-refractivity contribution is 5.97. The molecule has 0 bridgehead atoms. The van der Waals surface area contributed by atoms with E-state index in [0.29, 0.717) is 18.5 Å². The van der Waals surface area contributed by atoms with Gasteiger partial charge in [0.2, 0.25) is 23.6 Å². The highest BCUT2D eigenvalue weighted by Crippen LogP contribution is 2.29. The first-order chi connectivity index (χ1) is 18.9. The number of likely N-dealkylation sites (tertiary alicyclic amines) is 1. The number of carbonyl (C=O) groups is 4. The van der Waals surface area contributed by atoms with E-state index in [1.807, 2.05) is 78.8 Å². The standard InChI is InChI=1S/C32H51N5O4/c1-20(2)24(19-21(3)29(40)37-18-14-17-23(37)27(33)38)36(10)30(41)26(31(4,5)6)35-28(39)25(34-9)32(7,8)22-15-12-11-13-16-22/h11-13,15-16,19-20,23-26,34H,14,17-18H2,1-10H3,(H2,33,38)(H,35,39)/b21-19+/t23?,24?,25-,26?/m1/s1. The number of nitrogens with two attached hydrogens (primary N) is 1. The van der Waals surface area contributed by atoms with Crippen molar-refractivity contribution in [2.45, 2.75) is 97.8 Å². The lowest BCUT2D eigenvalue weighted by Gasteiger charge is -2.40. The molecular formula is C32H51N5O4. The molecule has 1 aromatic rings. The molecule has 1 aliphatic heterocycles. The number of carbonyl (C=O) groups excluding carboxylic acids is 4. The van der Waals surface area contributed by atoms with Crippen LogP contribution in [0.5, 0.6) is 0 Å². The number of rotatable bonds is 11. The molecule has 0 aromatic heterocycles. The normalized spacial score (nSPS) is 18.6. The number of likely N-dealkylation sites (N-methyl/N-ethyl adjacent to an activating group) is 2. The smallest absolute Gasteiger partial charge is 0.249 e. The van der Waals surface area contributed by atoms with Gasteiger partial charge in [-0.2, -0.15) is 0 Å². The molecule has 1 aliphatic rings. The minimum Gasteiger partial charge on any atom is -0.368 e. The van der Waals surface area contributed by atoms with Crippen LogP contribution in [0, 0.1) is 11.3 Å². The summed E-state index contributed by atoms with van der Waals surface area (Å²) in [5, 5.41) is 6.22. The van der Waals surface area contributed by atoms with Crippen molar-refractivity contribution in [1.29, 1.82) is 0 Å². The van der Waals surface area contributed by atoms with E-state index in [-0.39, 0.29) is 23.6 Å². The van der Waals surface area contributed by atoms with Crippen LogP contribution in [0.1, 0.15) is 73.8 Å². The highest BCUT2D eigenvalue weighted by Gasteiger charge is 2.42. The van der Waals surface area contributed by atoms with Crippen molar-refractivity contribution < 1.29 is 19.2 Å². The average molecular weight is 570 g/mol. The minimum atomic E-state index is -0.814. The summed E-state index contributed by atoms with van der Waals surface area (Å²) in [7, 11) is 3.45. The van der Waals surface area contributed by atoms with E-state index in [1.165, 1.54) is 4.90 Å². The summed E-state index contributed by atoms with van der Waals surface area (Å²) in [6, 6.07) is 7.40. The monoisotopic (exact) mass is 569 g/mol. The second-order valence-electron chi connectivity index (χ2n) is 13.2. The quantitative estimate of drug-likeness (QED) is 0.354. The summed E-state index contributed by atoms with van der Waals surface area (Å²) >= 11 is 0. The Kier molecular flexibility index (Phi) is 11.3. The largest absolute Gasteiger partial charge is 0.368 e. The molecule has 0 aliphatic carbocycles. The molecule has 9 nitrogen and oxygen atoms in total. The van der Waals surface area contributed by atoms with Crippen LogP contribution in [0.3, 0.4) is 0 Å². The van der Waals surface area contributed by atoms with Gasteiger partial charge in [0.25, 0.3) is 0 Å². The topological polar surface area (TPSA) is 125 Å². The first-order valence-corrected chi connectivity index (χ1v) is 14.5. The van der Waals surface area contributed by atoms with E-state index in [2.05, 4.69) is 10.6 Å². The summed E-state index contributed by atoms with van der Waals surface area (Å²) in [5.41, 5.74) is 5.85. The molecule has 4 atom stereocenters. The van der Waals surface area contributed by atoms with Gasteiger partial charge >= 0.3 is 0 Å². The average Bonchev–Trinajstić information content (AvgIpc) is 3.39. The van der Waals surface area contributed by atoms with Crippen LogP contribution in [0.15, 0.2) is 42.0 Å². The van der Waals surface area contributed by atoms with Crippen molar-refractivity contribution in [3.8, 4) is 0 Å². The molecule has 1 fully saturated rings. The van der Waals surface area contributed by atoms with Gasteiger partial charge in [0, 0.05) is 24.6 Å². The van der Waals surface area contributed by atoms with Crippen molar-refractivity contribution >= 4 is 23.6 Å². The molecule has 1 aromatic carbocycles. The maximum absolute atomic E-state index is 14.1. The summed E-state index contributed by atoms with van der Waals surface area (Å²) < 4.78 is 0. The van der Waals surface area contributed by atoms with Crippen molar-refractivity contribution in [2.75, 3.05) is 20.6 Å². The summed E-state index contributed by atoms with van der Waals surface area (Å²) in [6.07, 6.45) is 3.07. The van der Waals surface area contributed by atoms with Gasteiger partial charge in [-0.25, -0.2) is 0 Å². The zero-order valence-corrected chi connectivity index (χ0v) is 26.6. The Hall–Kier alpha value is -3.20. The maximum atomic E-state index is 14.1. The molecule has 4 amide bonds. The van der Waals surface area contributed by atoms with E-state index < -0.39 is 40.9 Å². The van der Waals surface area contributed by atoms with Crippen LogP contribution in [0.25, 0.3) is 0 Å². The van der Waals surface area contributed by atoms with Gasteiger partial charge in [-0.15, -0.1) is 0 Å². The fraction of sp³-hybridized carbons (Fsp3) is 0.625. The Morgan fingerprint density at radius 2 is 1.63 bits per heavy atom. The van der Waals surface area contributed by atoms with Crippen LogP contribution in [0.2, 0.25) is 0 Å². The zero-order chi connectivity index (χ0) is 31.3. The van der Waals surface area contributed by atoms with Gasteiger partial charge in [-0.05, 0) is 43.7 Å². The fourth-order valence-corrected chi connectivity index (χ4v) is 5.69. The molecule has 4 N–H and O–H groups in total. The third-order valence-corrected chi connectivity index (χ3v) is 8.27. The number of benzene rings is 1. The molecule has 0 spiro atoms. The van der Waals surface area contributed by atoms with Gasteiger partial charge in [0.15, 0.2) is 0 Å². The lowest BCUT2D eigenvalue weighted by Crippen LogP contribution is -2.61. The molecule has 3 unspecified atom stereocenters. The van der Waals surface area contributed by atoms with E-state index in [0.717, 1.165) is 12.0 Å². The highest BCUT2D eigenvalue weighted by atomic mass is 16.2. The van der Waals surface area contributed by atoms with Gasteiger partial charge in [-0.3, -0.25) is 19.2 Å². The second kappa shape index (κ2) is 13.6. The Morgan fingerprint density at radius 1 is 1.05 bits per heavy atom.